The molecule has 0 saturated carbocycles. The van der Waals surface area contributed by atoms with Crippen LogP contribution in [0, 0.1) is 0 Å². The number of hydroxylamine groups is 2. The van der Waals surface area contributed by atoms with E-state index in [4.69, 9.17) is 28.4 Å². The molecule has 0 saturated heterocycles. The average Bonchev–Trinajstić information content (AvgIpc) is 2.16. The Morgan fingerprint density at radius 3 is 2.62 bits per heavy atom. The highest BCUT2D eigenvalue weighted by Gasteiger charge is 2.17. The summed E-state index contributed by atoms with van der Waals surface area (Å²) >= 11 is 11.6. The molecule has 0 aromatic heterocycles. The molecule has 1 atom stereocenters. The van der Waals surface area contributed by atoms with Gasteiger partial charge >= 0.3 is 0 Å². The molecule has 0 aliphatic rings. The fourth-order valence-electron chi connectivity index (χ4n) is 1.18. The zero-order valence-electron chi connectivity index (χ0n) is 8.52. The summed E-state index contributed by atoms with van der Waals surface area (Å²) in [6, 6.07) is 4.59. The number of carbonyl (C=O) groups is 1. The first-order valence-corrected chi connectivity index (χ1v) is 5.26. The van der Waals surface area contributed by atoms with Crippen molar-refractivity contribution in [2.75, 3.05) is 7.05 Å². The number of carbonyl (C=O) groups excluding carboxylic acids is 1. The van der Waals surface area contributed by atoms with E-state index in [0.717, 1.165) is 0 Å². The predicted molar refractivity (Wildman–Crippen MR) is 60.6 cm³/mol. The Balaban J connectivity index is 2.80. The lowest BCUT2D eigenvalue weighted by Gasteiger charge is -2.14. The summed E-state index contributed by atoms with van der Waals surface area (Å²) in [5.74, 6) is -0.599. The van der Waals surface area contributed by atoms with E-state index in [-0.39, 0.29) is 11.4 Å². The van der Waals surface area contributed by atoms with E-state index >= 15 is 0 Å². The van der Waals surface area contributed by atoms with Crippen molar-refractivity contribution in [3.05, 3.63) is 33.8 Å². The Kier molecular flexibility index (Phi) is 4.56. The van der Waals surface area contributed by atoms with E-state index in [1.54, 1.807) is 12.1 Å². The number of rotatable bonds is 3. The first-order chi connectivity index (χ1) is 7.41. The molecule has 0 radical (unpaired) electrons. The Bertz CT molecular complexity index is 396. The fraction of sp³-hybridized carbons (Fsp3) is 0.300. The number of hydrogen-bond donors (Lipinski definition) is 2. The molecule has 0 spiro atoms. The maximum Gasteiger partial charge on any atom is 0.248 e. The number of amides is 1. The van der Waals surface area contributed by atoms with Crippen LogP contribution >= 0.6 is 23.2 Å². The van der Waals surface area contributed by atoms with Crippen molar-refractivity contribution in [3.63, 3.8) is 0 Å². The SMILES string of the molecule is CN(O)C(=O)CC(O)c1ccc(Cl)cc1Cl. The van der Waals surface area contributed by atoms with Gasteiger partial charge in [-0.1, -0.05) is 29.3 Å². The largest absolute Gasteiger partial charge is 0.388 e. The van der Waals surface area contributed by atoms with Gasteiger partial charge in [0, 0.05) is 17.1 Å². The second kappa shape index (κ2) is 5.50. The van der Waals surface area contributed by atoms with Gasteiger partial charge < -0.3 is 5.11 Å². The third-order valence-corrected chi connectivity index (χ3v) is 2.61. The zero-order chi connectivity index (χ0) is 12.3. The van der Waals surface area contributed by atoms with Crippen molar-refractivity contribution < 1.29 is 15.1 Å². The number of nitrogens with zero attached hydrogens (tertiary/aromatic N) is 1. The number of halogens is 2. The highest BCUT2D eigenvalue weighted by molar-refractivity contribution is 6.35. The molecule has 88 valence electrons. The van der Waals surface area contributed by atoms with Crippen LogP contribution in [0.4, 0.5) is 0 Å². The highest BCUT2D eigenvalue weighted by atomic mass is 35.5. The second-order valence-corrected chi connectivity index (χ2v) is 4.15. The lowest BCUT2D eigenvalue weighted by molar-refractivity contribution is -0.161. The standard InChI is InChI=1S/C10H11Cl2NO3/c1-13(16)10(15)5-9(14)7-3-2-6(11)4-8(7)12/h2-4,9,14,16H,5H2,1H3. The molecule has 1 unspecified atom stereocenters. The topological polar surface area (TPSA) is 60.8 Å². The number of aliphatic hydroxyl groups excluding tert-OH is 1. The van der Waals surface area contributed by atoms with Gasteiger partial charge in [0.25, 0.3) is 0 Å². The maximum atomic E-state index is 11.2. The first kappa shape index (κ1) is 13.3. The lowest BCUT2D eigenvalue weighted by atomic mass is 10.1. The van der Waals surface area contributed by atoms with Gasteiger partial charge in [-0.05, 0) is 17.7 Å². The third kappa shape index (κ3) is 3.35. The first-order valence-electron chi connectivity index (χ1n) is 4.50. The lowest BCUT2D eigenvalue weighted by Crippen LogP contribution is -2.24. The van der Waals surface area contributed by atoms with Crippen LogP contribution in [0.3, 0.4) is 0 Å². The van der Waals surface area contributed by atoms with Crippen molar-refractivity contribution in [2.45, 2.75) is 12.5 Å². The quantitative estimate of drug-likeness (QED) is 0.650. The molecule has 1 rings (SSSR count). The van der Waals surface area contributed by atoms with Crippen molar-refractivity contribution in [3.8, 4) is 0 Å². The predicted octanol–water partition coefficient (Wildman–Crippen LogP) is 2.26. The molecular formula is C10H11Cl2NO3. The van der Waals surface area contributed by atoms with Gasteiger partial charge in [0.2, 0.25) is 5.91 Å². The van der Waals surface area contributed by atoms with Crippen molar-refractivity contribution in [1.29, 1.82) is 0 Å². The molecule has 1 aromatic rings. The molecule has 1 aromatic carbocycles. The number of aliphatic hydroxyl groups is 1. The van der Waals surface area contributed by atoms with E-state index in [2.05, 4.69) is 0 Å². The average molecular weight is 264 g/mol. The van der Waals surface area contributed by atoms with Crippen LogP contribution in [0.1, 0.15) is 18.1 Å². The van der Waals surface area contributed by atoms with Crippen molar-refractivity contribution in [2.24, 2.45) is 0 Å². The number of hydrogen-bond acceptors (Lipinski definition) is 3. The van der Waals surface area contributed by atoms with Crippen LogP contribution in [-0.2, 0) is 4.79 Å². The summed E-state index contributed by atoms with van der Waals surface area (Å²) in [7, 11) is 1.19. The van der Waals surface area contributed by atoms with Gasteiger partial charge in [0.1, 0.15) is 0 Å². The molecule has 6 heteroatoms. The van der Waals surface area contributed by atoms with E-state index in [0.29, 0.717) is 15.6 Å². The molecule has 0 fully saturated rings. The van der Waals surface area contributed by atoms with Gasteiger partial charge in [-0.25, -0.2) is 5.06 Å². The summed E-state index contributed by atoms with van der Waals surface area (Å²) in [4.78, 5) is 11.2. The molecule has 16 heavy (non-hydrogen) atoms. The zero-order valence-corrected chi connectivity index (χ0v) is 10.0. The maximum absolute atomic E-state index is 11.2. The van der Waals surface area contributed by atoms with E-state index in [1.165, 1.54) is 13.1 Å². The van der Waals surface area contributed by atoms with Crippen molar-refractivity contribution in [1.82, 2.24) is 5.06 Å². The Hall–Kier alpha value is -0.810. The smallest absolute Gasteiger partial charge is 0.248 e. The monoisotopic (exact) mass is 263 g/mol. The van der Waals surface area contributed by atoms with Crippen LogP contribution in [0.15, 0.2) is 18.2 Å². The third-order valence-electron chi connectivity index (χ3n) is 2.05. The molecule has 0 heterocycles. The Morgan fingerprint density at radius 1 is 1.50 bits per heavy atom. The minimum Gasteiger partial charge on any atom is -0.388 e. The van der Waals surface area contributed by atoms with Gasteiger partial charge in [0.15, 0.2) is 0 Å². The van der Waals surface area contributed by atoms with Crippen LogP contribution in [-0.4, -0.2) is 28.3 Å². The van der Waals surface area contributed by atoms with E-state index in [1.807, 2.05) is 0 Å². The summed E-state index contributed by atoms with van der Waals surface area (Å²) in [6.07, 6.45) is -1.30. The van der Waals surface area contributed by atoms with Crippen LogP contribution < -0.4 is 0 Å². The molecule has 2 N–H and O–H groups in total. The minimum atomic E-state index is -1.06. The summed E-state index contributed by atoms with van der Waals surface area (Å²) < 4.78 is 0. The van der Waals surface area contributed by atoms with Gasteiger partial charge in [-0.3, -0.25) is 10.0 Å². The molecular weight excluding hydrogens is 253 g/mol. The van der Waals surface area contributed by atoms with E-state index < -0.39 is 12.0 Å². The Morgan fingerprint density at radius 2 is 2.12 bits per heavy atom. The normalized spacial score (nSPS) is 12.3. The molecule has 1 amide bonds. The van der Waals surface area contributed by atoms with Crippen LogP contribution in [0.2, 0.25) is 10.0 Å². The summed E-state index contributed by atoms with van der Waals surface area (Å²) in [5.41, 5.74) is 0.404. The minimum absolute atomic E-state index is 0.242. The summed E-state index contributed by atoms with van der Waals surface area (Å²) in [6.45, 7) is 0. The van der Waals surface area contributed by atoms with Crippen LogP contribution in [0.25, 0.3) is 0 Å². The fourth-order valence-corrected chi connectivity index (χ4v) is 1.71. The Labute approximate surface area is 103 Å². The highest BCUT2D eigenvalue weighted by Crippen LogP contribution is 2.28. The van der Waals surface area contributed by atoms with Crippen molar-refractivity contribution >= 4 is 29.1 Å². The van der Waals surface area contributed by atoms with Crippen LogP contribution in [0.5, 0.6) is 0 Å². The van der Waals surface area contributed by atoms with Gasteiger partial charge in [0.05, 0.1) is 12.5 Å². The second-order valence-electron chi connectivity index (χ2n) is 3.30. The molecule has 0 aliphatic carbocycles. The van der Waals surface area contributed by atoms with Gasteiger partial charge in [-0.15, -0.1) is 0 Å². The molecule has 0 aliphatic heterocycles. The molecule has 0 bridgehead atoms. The number of benzene rings is 1. The van der Waals surface area contributed by atoms with Gasteiger partial charge in [-0.2, -0.15) is 0 Å². The molecule has 4 nitrogen and oxygen atoms in total. The summed E-state index contributed by atoms with van der Waals surface area (Å²) in [5, 5.41) is 19.7. The van der Waals surface area contributed by atoms with E-state index in [9.17, 15) is 9.90 Å².